The maximum Gasteiger partial charge on any atom is 0.168 e. The van der Waals surface area contributed by atoms with Crippen molar-refractivity contribution in [1.82, 2.24) is 4.98 Å². The molecule has 0 aliphatic heterocycles. The lowest BCUT2D eigenvalue weighted by Gasteiger charge is -1.99. The van der Waals surface area contributed by atoms with Gasteiger partial charge in [0.25, 0.3) is 0 Å². The van der Waals surface area contributed by atoms with Gasteiger partial charge in [-0.2, -0.15) is 0 Å². The van der Waals surface area contributed by atoms with E-state index in [0.29, 0.717) is 11.6 Å². The van der Waals surface area contributed by atoms with E-state index in [1.807, 2.05) is 13.0 Å². The van der Waals surface area contributed by atoms with E-state index in [1.54, 1.807) is 6.07 Å². The summed E-state index contributed by atoms with van der Waals surface area (Å²) in [5.41, 5.74) is 2.23. The number of aromatic nitrogens is 1. The number of hydrogen-bond acceptors (Lipinski definition) is 2. The van der Waals surface area contributed by atoms with E-state index in [0.717, 1.165) is 17.5 Å². The molecule has 0 radical (unpaired) electrons. The fourth-order valence-corrected chi connectivity index (χ4v) is 1.06. The SMILES string of the molecule is Cc1ccc(C=O)nc1CCl. The van der Waals surface area contributed by atoms with Gasteiger partial charge in [0, 0.05) is 0 Å². The van der Waals surface area contributed by atoms with Crippen molar-refractivity contribution in [1.29, 1.82) is 0 Å². The third kappa shape index (κ3) is 1.77. The highest BCUT2D eigenvalue weighted by molar-refractivity contribution is 6.17. The molecule has 0 N–H and O–H groups in total. The van der Waals surface area contributed by atoms with Gasteiger partial charge in [0.05, 0.1) is 11.6 Å². The Kier molecular flexibility index (Phi) is 2.60. The lowest BCUT2D eigenvalue weighted by molar-refractivity contribution is 0.111. The summed E-state index contributed by atoms with van der Waals surface area (Å²) < 4.78 is 0. The van der Waals surface area contributed by atoms with Crippen LogP contribution in [-0.4, -0.2) is 11.3 Å². The predicted octanol–water partition coefficient (Wildman–Crippen LogP) is 1.94. The zero-order valence-corrected chi connectivity index (χ0v) is 6.93. The number of halogens is 1. The topological polar surface area (TPSA) is 30.0 Å². The van der Waals surface area contributed by atoms with Crippen molar-refractivity contribution in [3.05, 3.63) is 29.1 Å². The van der Waals surface area contributed by atoms with Gasteiger partial charge in [-0.25, -0.2) is 4.98 Å². The Labute approximate surface area is 70.2 Å². The van der Waals surface area contributed by atoms with Crippen molar-refractivity contribution in [2.75, 3.05) is 0 Å². The number of carbonyl (C=O) groups excluding carboxylic acids is 1. The Bertz CT molecular complexity index is 273. The van der Waals surface area contributed by atoms with Crippen LogP contribution in [0, 0.1) is 6.92 Å². The van der Waals surface area contributed by atoms with Crippen LogP contribution in [0.4, 0.5) is 0 Å². The predicted molar refractivity (Wildman–Crippen MR) is 43.9 cm³/mol. The van der Waals surface area contributed by atoms with E-state index < -0.39 is 0 Å². The van der Waals surface area contributed by atoms with Crippen molar-refractivity contribution >= 4 is 17.9 Å². The third-order valence-electron chi connectivity index (χ3n) is 1.47. The van der Waals surface area contributed by atoms with Crippen LogP contribution in [0.15, 0.2) is 12.1 Å². The second-order valence-electron chi connectivity index (χ2n) is 2.25. The molecule has 0 aliphatic carbocycles. The minimum absolute atomic E-state index is 0.355. The van der Waals surface area contributed by atoms with Crippen molar-refractivity contribution in [2.45, 2.75) is 12.8 Å². The summed E-state index contributed by atoms with van der Waals surface area (Å²) in [6.07, 6.45) is 0.718. The minimum Gasteiger partial charge on any atom is -0.296 e. The van der Waals surface area contributed by atoms with Crippen molar-refractivity contribution in [3.63, 3.8) is 0 Å². The first kappa shape index (κ1) is 8.21. The molecule has 0 saturated heterocycles. The number of aryl methyl sites for hydroxylation is 1. The number of nitrogens with zero attached hydrogens (tertiary/aromatic N) is 1. The van der Waals surface area contributed by atoms with Gasteiger partial charge >= 0.3 is 0 Å². The van der Waals surface area contributed by atoms with Crippen LogP contribution < -0.4 is 0 Å². The Morgan fingerprint density at radius 3 is 2.91 bits per heavy atom. The number of aldehydes is 1. The van der Waals surface area contributed by atoms with Crippen LogP contribution in [0.2, 0.25) is 0 Å². The number of hydrogen-bond donors (Lipinski definition) is 0. The van der Waals surface area contributed by atoms with Gasteiger partial charge in [0.1, 0.15) is 5.69 Å². The van der Waals surface area contributed by atoms with E-state index in [9.17, 15) is 4.79 Å². The molecule has 0 aliphatic rings. The Morgan fingerprint density at radius 1 is 1.64 bits per heavy atom. The molecular formula is C8H8ClNO. The average Bonchev–Trinajstić information content (AvgIpc) is 2.05. The van der Waals surface area contributed by atoms with E-state index in [-0.39, 0.29) is 0 Å². The second kappa shape index (κ2) is 3.49. The molecule has 0 bridgehead atoms. The summed E-state index contributed by atoms with van der Waals surface area (Å²) in [5.74, 6) is 0.355. The standard InChI is InChI=1S/C8H8ClNO/c1-6-2-3-7(5-11)10-8(6)4-9/h2-3,5H,4H2,1H3. The largest absolute Gasteiger partial charge is 0.296 e. The summed E-state index contributed by atoms with van der Waals surface area (Å²) in [6.45, 7) is 1.92. The highest BCUT2D eigenvalue weighted by Crippen LogP contribution is 2.07. The maximum absolute atomic E-state index is 10.3. The van der Waals surface area contributed by atoms with Crippen molar-refractivity contribution < 1.29 is 4.79 Å². The smallest absolute Gasteiger partial charge is 0.168 e. The van der Waals surface area contributed by atoms with Gasteiger partial charge in [-0.1, -0.05) is 6.07 Å². The summed E-state index contributed by atoms with van der Waals surface area (Å²) >= 11 is 5.58. The fourth-order valence-electron chi connectivity index (χ4n) is 0.789. The maximum atomic E-state index is 10.3. The Balaban J connectivity index is 3.12. The lowest BCUT2D eigenvalue weighted by Crippen LogP contribution is -1.94. The van der Waals surface area contributed by atoms with Crippen LogP contribution >= 0.6 is 11.6 Å². The van der Waals surface area contributed by atoms with Crippen LogP contribution in [0.25, 0.3) is 0 Å². The highest BCUT2D eigenvalue weighted by Gasteiger charge is 1.98. The molecule has 0 atom stereocenters. The fraction of sp³-hybridized carbons (Fsp3) is 0.250. The van der Waals surface area contributed by atoms with Gasteiger partial charge in [0.15, 0.2) is 6.29 Å². The Hall–Kier alpha value is -0.890. The first-order valence-corrected chi connectivity index (χ1v) is 3.79. The molecule has 58 valence electrons. The monoisotopic (exact) mass is 169 g/mol. The summed E-state index contributed by atoms with van der Waals surface area (Å²) in [4.78, 5) is 14.3. The Morgan fingerprint density at radius 2 is 2.36 bits per heavy atom. The summed E-state index contributed by atoms with van der Waals surface area (Å²) in [7, 11) is 0. The zero-order valence-electron chi connectivity index (χ0n) is 6.17. The van der Waals surface area contributed by atoms with Crippen LogP contribution in [0.3, 0.4) is 0 Å². The summed E-state index contributed by atoms with van der Waals surface area (Å²) in [6, 6.07) is 3.52. The number of pyridine rings is 1. The molecule has 2 nitrogen and oxygen atoms in total. The molecule has 0 aromatic carbocycles. The summed E-state index contributed by atoms with van der Waals surface area (Å²) in [5, 5.41) is 0. The van der Waals surface area contributed by atoms with Gasteiger partial charge in [-0.15, -0.1) is 11.6 Å². The van der Waals surface area contributed by atoms with Crippen LogP contribution in [0.5, 0.6) is 0 Å². The molecule has 0 fully saturated rings. The van der Waals surface area contributed by atoms with Gasteiger partial charge in [-0.05, 0) is 18.6 Å². The zero-order chi connectivity index (χ0) is 8.27. The normalized spacial score (nSPS) is 9.64. The molecule has 1 aromatic heterocycles. The van der Waals surface area contributed by atoms with Crippen molar-refractivity contribution in [2.24, 2.45) is 0 Å². The molecular weight excluding hydrogens is 162 g/mol. The average molecular weight is 170 g/mol. The quantitative estimate of drug-likeness (QED) is 0.500. The third-order valence-corrected chi connectivity index (χ3v) is 1.72. The van der Waals surface area contributed by atoms with Crippen molar-refractivity contribution in [3.8, 4) is 0 Å². The van der Waals surface area contributed by atoms with E-state index >= 15 is 0 Å². The number of rotatable bonds is 2. The second-order valence-corrected chi connectivity index (χ2v) is 2.52. The van der Waals surface area contributed by atoms with Gasteiger partial charge in [0.2, 0.25) is 0 Å². The molecule has 1 rings (SSSR count). The van der Waals surface area contributed by atoms with Gasteiger partial charge in [-0.3, -0.25) is 4.79 Å². The van der Waals surface area contributed by atoms with E-state index in [4.69, 9.17) is 11.6 Å². The molecule has 3 heteroatoms. The molecule has 1 heterocycles. The molecule has 1 aromatic rings. The lowest BCUT2D eigenvalue weighted by atomic mass is 10.2. The first-order chi connectivity index (χ1) is 5.27. The molecule has 0 spiro atoms. The van der Waals surface area contributed by atoms with Crippen LogP contribution in [0.1, 0.15) is 21.7 Å². The van der Waals surface area contributed by atoms with Crippen LogP contribution in [-0.2, 0) is 5.88 Å². The minimum atomic E-state index is 0.355. The van der Waals surface area contributed by atoms with Gasteiger partial charge < -0.3 is 0 Å². The molecule has 11 heavy (non-hydrogen) atoms. The van der Waals surface area contributed by atoms with E-state index in [2.05, 4.69) is 4.98 Å². The number of carbonyl (C=O) groups is 1. The first-order valence-electron chi connectivity index (χ1n) is 3.25. The number of alkyl halides is 1. The molecule has 0 unspecified atom stereocenters. The van der Waals surface area contributed by atoms with E-state index in [1.165, 1.54) is 0 Å². The molecule has 0 amide bonds. The highest BCUT2D eigenvalue weighted by atomic mass is 35.5. The molecule has 0 saturated carbocycles.